The van der Waals surface area contributed by atoms with Crippen molar-refractivity contribution in [1.29, 1.82) is 0 Å². The third kappa shape index (κ3) is 3.80. The van der Waals surface area contributed by atoms with Gasteiger partial charge in [-0.3, -0.25) is 4.90 Å². The van der Waals surface area contributed by atoms with Gasteiger partial charge >= 0.3 is 0 Å². The summed E-state index contributed by atoms with van der Waals surface area (Å²) >= 11 is 0. The molecule has 2 fully saturated rings. The van der Waals surface area contributed by atoms with E-state index in [2.05, 4.69) is 37.3 Å². The number of nitrogens with zero attached hydrogens (tertiary/aromatic N) is 6. The monoisotopic (exact) mass is 429 g/mol. The zero-order valence-electron chi connectivity index (χ0n) is 18.0. The molecule has 2 aliphatic rings. The number of rotatable bonds is 4. The highest BCUT2D eigenvalue weighted by molar-refractivity contribution is 5.86. The molecule has 1 aliphatic heterocycles. The van der Waals surface area contributed by atoms with E-state index in [1.165, 1.54) is 12.8 Å². The summed E-state index contributed by atoms with van der Waals surface area (Å²) in [7, 11) is 0. The van der Waals surface area contributed by atoms with Crippen LogP contribution in [0.15, 0.2) is 49.1 Å². The molecule has 1 aliphatic carbocycles. The van der Waals surface area contributed by atoms with Crippen molar-refractivity contribution in [3.63, 3.8) is 0 Å². The second kappa shape index (κ2) is 8.44. The van der Waals surface area contributed by atoms with Crippen molar-refractivity contribution in [2.45, 2.75) is 37.8 Å². The quantitative estimate of drug-likeness (QED) is 0.533. The molecule has 164 valence electrons. The van der Waals surface area contributed by atoms with E-state index in [1.54, 1.807) is 6.20 Å². The molecule has 0 aromatic carbocycles. The van der Waals surface area contributed by atoms with Gasteiger partial charge in [-0.2, -0.15) is 0 Å². The zero-order chi connectivity index (χ0) is 21.3. The van der Waals surface area contributed by atoms with Gasteiger partial charge in [0.25, 0.3) is 0 Å². The van der Waals surface area contributed by atoms with Gasteiger partial charge in [-0.1, -0.05) is 0 Å². The lowest BCUT2D eigenvalue weighted by Crippen LogP contribution is -2.46. The van der Waals surface area contributed by atoms with Crippen molar-refractivity contribution < 1.29 is 4.74 Å². The van der Waals surface area contributed by atoms with Crippen molar-refractivity contribution in [3.8, 4) is 11.1 Å². The van der Waals surface area contributed by atoms with Crippen molar-refractivity contribution in [2.75, 3.05) is 31.6 Å². The summed E-state index contributed by atoms with van der Waals surface area (Å²) in [5.41, 5.74) is 3.84. The Bertz CT molecular complexity index is 1230. The van der Waals surface area contributed by atoms with Crippen LogP contribution in [0, 0.1) is 0 Å². The van der Waals surface area contributed by atoms with Gasteiger partial charge in [0.05, 0.1) is 24.9 Å². The Morgan fingerprint density at radius 3 is 2.72 bits per heavy atom. The first-order valence-electron chi connectivity index (χ1n) is 11.5. The number of aromatic nitrogens is 5. The summed E-state index contributed by atoms with van der Waals surface area (Å²) < 4.78 is 7.40. The summed E-state index contributed by atoms with van der Waals surface area (Å²) in [6.07, 6.45) is 12.3. The molecule has 0 bridgehead atoms. The highest BCUT2D eigenvalue weighted by Crippen LogP contribution is 2.28. The molecule has 4 aromatic heterocycles. The van der Waals surface area contributed by atoms with Crippen LogP contribution in [0.3, 0.4) is 0 Å². The number of fused-ring (bicyclic) bond motifs is 2. The van der Waals surface area contributed by atoms with Crippen LogP contribution in [0.1, 0.15) is 25.7 Å². The number of morpholine rings is 1. The summed E-state index contributed by atoms with van der Waals surface area (Å²) in [6.45, 7) is 3.89. The number of anilines is 1. The molecule has 1 saturated carbocycles. The molecule has 4 aromatic rings. The molecule has 32 heavy (non-hydrogen) atoms. The van der Waals surface area contributed by atoms with Gasteiger partial charge in [0, 0.05) is 60.3 Å². The van der Waals surface area contributed by atoms with Gasteiger partial charge < -0.3 is 10.1 Å². The maximum atomic E-state index is 5.50. The minimum absolute atomic E-state index is 0.428. The fourth-order valence-corrected chi connectivity index (χ4v) is 5.03. The van der Waals surface area contributed by atoms with Gasteiger partial charge in [-0.05, 0) is 49.9 Å². The second-order valence-corrected chi connectivity index (χ2v) is 8.71. The number of pyridine rings is 2. The highest BCUT2D eigenvalue weighted by atomic mass is 16.5. The SMILES string of the molecule is c1cnc2ncc(-c3ccn4nc(NC5CCC(N6CCOCC6)CC5)ncc34)cc2c1. The van der Waals surface area contributed by atoms with Crippen LogP contribution in [0.2, 0.25) is 0 Å². The Morgan fingerprint density at radius 2 is 1.84 bits per heavy atom. The Labute approximate surface area is 186 Å². The number of nitrogens with one attached hydrogen (secondary N) is 1. The van der Waals surface area contributed by atoms with E-state index < -0.39 is 0 Å². The molecule has 0 atom stereocenters. The molecular formula is C24H27N7O. The maximum Gasteiger partial charge on any atom is 0.241 e. The van der Waals surface area contributed by atoms with E-state index in [0.717, 1.165) is 66.8 Å². The van der Waals surface area contributed by atoms with Crippen LogP contribution in [-0.4, -0.2) is 67.9 Å². The minimum Gasteiger partial charge on any atom is -0.379 e. The molecule has 8 nitrogen and oxygen atoms in total. The predicted molar refractivity (Wildman–Crippen MR) is 124 cm³/mol. The van der Waals surface area contributed by atoms with Crippen molar-refractivity contribution in [1.82, 2.24) is 29.5 Å². The normalized spacial score (nSPS) is 22.4. The van der Waals surface area contributed by atoms with Crippen molar-refractivity contribution >= 4 is 22.5 Å². The van der Waals surface area contributed by atoms with Crippen LogP contribution in [0.5, 0.6) is 0 Å². The summed E-state index contributed by atoms with van der Waals surface area (Å²) in [5, 5.41) is 9.31. The molecule has 0 amide bonds. The molecule has 0 spiro atoms. The van der Waals surface area contributed by atoms with Crippen LogP contribution >= 0.6 is 0 Å². The molecule has 5 heterocycles. The second-order valence-electron chi connectivity index (χ2n) is 8.71. The fraction of sp³-hybridized carbons (Fsp3) is 0.417. The third-order valence-electron chi connectivity index (χ3n) is 6.77. The van der Waals surface area contributed by atoms with Crippen LogP contribution in [0.4, 0.5) is 5.95 Å². The molecule has 1 saturated heterocycles. The lowest BCUT2D eigenvalue weighted by molar-refractivity contribution is 0.00790. The number of ether oxygens (including phenoxy) is 1. The van der Waals surface area contributed by atoms with Crippen LogP contribution in [-0.2, 0) is 4.74 Å². The molecule has 6 rings (SSSR count). The van der Waals surface area contributed by atoms with Crippen LogP contribution < -0.4 is 5.32 Å². The first-order valence-corrected chi connectivity index (χ1v) is 11.5. The lowest BCUT2D eigenvalue weighted by atomic mass is 9.90. The Hall–Kier alpha value is -3.10. The Kier molecular flexibility index (Phi) is 5.16. The van der Waals surface area contributed by atoms with Gasteiger partial charge in [-0.15, -0.1) is 5.10 Å². The van der Waals surface area contributed by atoms with Crippen molar-refractivity contribution in [3.05, 3.63) is 49.1 Å². The Balaban J connectivity index is 1.16. The molecule has 0 radical (unpaired) electrons. The number of hydrogen-bond donors (Lipinski definition) is 1. The van der Waals surface area contributed by atoms with E-state index in [1.807, 2.05) is 35.2 Å². The maximum absolute atomic E-state index is 5.50. The summed E-state index contributed by atoms with van der Waals surface area (Å²) in [5.74, 6) is 0.690. The van der Waals surface area contributed by atoms with E-state index in [0.29, 0.717) is 18.0 Å². The molecule has 0 unspecified atom stereocenters. The minimum atomic E-state index is 0.428. The van der Waals surface area contributed by atoms with Gasteiger partial charge in [-0.25, -0.2) is 19.5 Å². The van der Waals surface area contributed by atoms with E-state index in [4.69, 9.17) is 9.84 Å². The van der Waals surface area contributed by atoms with Crippen LogP contribution in [0.25, 0.3) is 27.7 Å². The van der Waals surface area contributed by atoms with Crippen molar-refractivity contribution in [2.24, 2.45) is 0 Å². The third-order valence-corrected chi connectivity index (χ3v) is 6.77. The largest absolute Gasteiger partial charge is 0.379 e. The summed E-state index contributed by atoms with van der Waals surface area (Å²) in [4.78, 5) is 16.0. The first-order chi connectivity index (χ1) is 15.8. The molecule has 1 N–H and O–H groups in total. The molecule has 8 heteroatoms. The lowest BCUT2D eigenvalue weighted by Gasteiger charge is -2.38. The topological polar surface area (TPSA) is 80.5 Å². The highest BCUT2D eigenvalue weighted by Gasteiger charge is 2.27. The zero-order valence-corrected chi connectivity index (χ0v) is 18.0. The van der Waals surface area contributed by atoms with Gasteiger partial charge in [0.15, 0.2) is 5.65 Å². The van der Waals surface area contributed by atoms with E-state index in [9.17, 15) is 0 Å². The van der Waals surface area contributed by atoms with E-state index in [-0.39, 0.29) is 0 Å². The van der Waals surface area contributed by atoms with E-state index >= 15 is 0 Å². The summed E-state index contributed by atoms with van der Waals surface area (Å²) in [6, 6.07) is 9.27. The Morgan fingerprint density at radius 1 is 0.969 bits per heavy atom. The van der Waals surface area contributed by atoms with Gasteiger partial charge in [0.1, 0.15) is 0 Å². The first kappa shape index (κ1) is 19.6. The standard InChI is InChI=1S/C24H27N7O/c1-2-17-14-18(15-26-23(17)25-8-1)21-7-9-31-22(21)16-27-24(29-31)28-19-3-5-20(6-4-19)30-10-12-32-13-11-30/h1-2,7-9,14-16,19-20H,3-6,10-13H2,(H,28,29). The van der Waals surface area contributed by atoms with Gasteiger partial charge in [0.2, 0.25) is 5.95 Å². The average molecular weight is 430 g/mol. The number of hydrogen-bond acceptors (Lipinski definition) is 7. The molecular weight excluding hydrogens is 402 g/mol. The predicted octanol–water partition coefficient (Wildman–Crippen LogP) is 3.39. The smallest absolute Gasteiger partial charge is 0.241 e. The fourth-order valence-electron chi connectivity index (χ4n) is 5.03. The average Bonchev–Trinajstić information content (AvgIpc) is 3.28.